The van der Waals surface area contributed by atoms with Gasteiger partial charge >= 0.3 is 0 Å². The van der Waals surface area contributed by atoms with E-state index in [1.807, 2.05) is 43.3 Å². The maximum atomic E-state index is 9.50. The Morgan fingerprint density at radius 1 is 0.897 bits per heavy atom. The molecule has 0 radical (unpaired) electrons. The topological polar surface area (TPSA) is 68.2 Å². The summed E-state index contributed by atoms with van der Waals surface area (Å²) in [6.45, 7) is 2.68. The van der Waals surface area contributed by atoms with E-state index in [4.69, 9.17) is 9.97 Å². The van der Waals surface area contributed by atoms with Crippen LogP contribution in [0.1, 0.15) is 12.2 Å². The van der Waals surface area contributed by atoms with E-state index >= 15 is 0 Å². The Bertz CT molecular complexity index is 1290. The maximum absolute atomic E-state index is 9.50. The van der Waals surface area contributed by atoms with Gasteiger partial charge in [0.1, 0.15) is 17.8 Å². The molecule has 1 N–H and O–H groups in total. The van der Waals surface area contributed by atoms with Gasteiger partial charge in [0.15, 0.2) is 5.65 Å². The van der Waals surface area contributed by atoms with Gasteiger partial charge in [-0.15, -0.1) is 0 Å². The number of aryl methyl sites for hydroxylation is 2. The quantitative estimate of drug-likeness (QED) is 0.496. The lowest BCUT2D eigenvalue weighted by Crippen LogP contribution is -2.04. The van der Waals surface area contributed by atoms with Crippen molar-refractivity contribution in [3.8, 4) is 22.4 Å². The van der Waals surface area contributed by atoms with E-state index in [-0.39, 0.29) is 6.61 Å². The number of aromatic nitrogens is 5. The fourth-order valence-electron chi connectivity index (χ4n) is 3.97. The summed E-state index contributed by atoms with van der Waals surface area (Å²) in [5, 5.41) is 14.9. The molecule has 0 spiro atoms. The molecule has 0 aliphatic heterocycles. The molecule has 6 heteroatoms. The first-order valence-electron chi connectivity index (χ1n) is 9.74. The molecule has 0 fully saturated rings. The molecule has 5 aromatic rings. The van der Waals surface area contributed by atoms with Gasteiger partial charge in [0.05, 0.1) is 11.1 Å². The van der Waals surface area contributed by atoms with E-state index in [0.717, 1.165) is 39.1 Å². The molecule has 6 nitrogen and oxygen atoms in total. The number of nitrogens with zero attached hydrogens (tertiary/aromatic N) is 5. The second-order valence-electron chi connectivity index (χ2n) is 7.05. The first-order valence-corrected chi connectivity index (χ1v) is 9.74. The van der Waals surface area contributed by atoms with Crippen molar-refractivity contribution in [1.29, 1.82) is 0 Å². The largest absolute Gasteiger partial charge is 0.396 e. The Kier molecular flexibility index (Phi) is 4.33. The van der Waals surface area contributed by atoms with Crippen molar-refractivity contribution in [2.24, 2.45) is 0 Å². The first kappa shape index (κ1) is 17.6. The molecule has 2 aromatic carbocycles. The number of fused-ring (bicyclic) bond motifs is 3. The Morgan fingerprint density at radius 3 is 2.28 bits per heavy atom. The van der Waals surface area contributed by atoms with Crippen molar-refractivity contribution < 1.29 is 5.11 Å². The summed E-state index contributed by atoms with van der Waals surface area (Å²) in [6, 6.07) is 20.7. The van der Waals surface area contributed by atoms with Crippen LogP contribution in [0.3, 0.4) is 0 Å². The molecular formula is C23H21N5O. The van der Waals surface area contributed by atoms with Crippen LogP contribution in [0.25, 0.3) is 39.1 Å². The Balaban J connectivity index is 1.97. The minimum atomic E-state index is 0.126. The van der Waals surface area contributed by atoms with Gasteiger partial charge < -0.3 is 9.67 Å². The molecule has 29 heavy (non-hydrogen) atoms. The third-order valence-electron chi connectivity index (χ3n) is 5.14. The minimum absolute atomic E-state index is 0.126. The molecule has 0 bridgehead atoms. The van der Waals surface area contributed by atoms with Crippen LogP contribution in [0.4, 0.5) is 0 Å². The van der Waals surface area contributed by atoms with Crippen LogP contribution in [0.15, 0.2) is 67.0 Å². The van der Waals surface area contributed by atoms with Crippen LogP contribution in [-0.2, 0) is 6.54 Å². The van der Waals surface area contributed by atoms with Crippen LogP contribution in [0.2, 0.25) is 0 Å². The summed E-state index contributed by atoms with van der Waals surface area (Å²) >= 11 is 0. The number of benzene rings is 2. The molecule has 5 rings (SSSR count). The number of hydrogen-bond acceptors (Lipinski definition) is 4. The molecule has 144 valence electrons. The molecule has 0 saturated carbocycles. The summed E-state index contributed by atoms with van der Waals surface area (Å²) < 4.78 is 3.95. The van der Waals surface area contributed by atoms with Crippen molar-refractivity contribution in [3.05, 3.63) is 72.8 Å². The van der Waals surface area contributed by atoms with Gasteiger partial charge in [0.2, 0.25) is 0 Å². The highest BCUT2D eigenvalue weighted by molar-refractivity contribution is 6.09. The fraction of sp³-hybridized carbons (Fsp3) is 0.174. The number of rotatable bonds is 5. The van der Waals surface area contributed by atoms with Crippen LogP contribution in [0, 0.1) is 6.92 Å². The lowest BCUT2D eigenvalue weighted by Gasteiger charge is -2.12. The van der Waals surface area contributed by atoms with Crippen molar-refractivity contribution in [2.75, 3.05) is 6.61 Å². The van der Waals surface area contributed by atoms with Gasteiger partial charge in [-0.1, -0.05) is 60.7 Å². The average molecular weight is 383 g/mol. The second kappa shape index (κ2) is 7.14. The zero-order chi connectivity index (χ0) is 19.8. The molecular weight excluding hydrogens is 362 g/mol. The highest BCUT2D eigenvalue weighted by atomic mass is 16.3. The van der Waals surface area contributed by atoms with E-state index < -0.39 is 0 Å². The Hall–Kier alpha value is -3.51. The van der Waals surface area contributed by atoms with Crippen LogP contribution >= 0.6 is 0 Å². The maximum Gasteiger partial charge on any atom is 0.169 e. The fourth-order valence-corrected chi connectivity index (χ4v) is 3.97. The molecule has 0 atom stereocenters. The molecule has 0 unspecified atom stereocenters. The molecule has 0 aliphatic rings. The Labute approximate surface area is 168 Å². The molecule has 0 aliphatic carbocycles. The van der Waals surface area contributed by atoms with Crippen molar-refractivity contribution in [1.82, 2.24) is 24.1 Å². The van der Waals surface area contributed by atoms with E-state index in [1.54, 1.807) is 10.8 Å². The van der Waals surface area contributed by atoms with Gasteiger partial charge in [-0.2, -0.15) is 5.10 Å². The zero-order valence-corrected chi connectivity index (χ0v) is 16.2. The molecule has 0 saturated heterocycles. The van der Waals surface area contributed by atoms with Crippen LogP contribution in [0.5, 0.6) is 0 Å². The lowest BCUT2D eigenvalue weighted by molar-refractivity contribution is 0.281. The summed E-state index contributed by atoms with van der Waals surface area (Å²) in [6.07, 6.45) is 2.37. The third kappa shape index (κ3) is 2.89. The van der Waals surface area contributed by atoms with E-state index in [1.165, 1.54) is 0 Å². The lowest BCUT2D eigenvalue weighted by atomic mass is 9.99. The van der Waals surface area contributed by atoms with Crippen molar-refractivity contribution in [3.63, 3.8) is 0 Å². The van der Waals surface area contributed by atoms with Gasteiger partial charge in [0.25, 0.3) is 0 Å². The molecule has 3 heterocycles. The van der Waals surface area contributed by atoms with E-state index in [2.05, 4.69) is 33.9 Å². The summed E-state index contributed by atoms with van der Waals surface area (Å²) in [7, 11) is 0. The SMILES string of the molecule is Cc1nc2c3c(-c4ccccc4)c(-c4ccccc4)n(CCCO)c3ncn2n1. The highest BCUT2D eigenvalue weighted by Gasteiger charge is 2.24. The molecule has 0 amide bonds. The number of hydrogen-bond donors (Lipinski definition) is 1. The van der Waals surface area contributed by atoms with Crippen LogP contribution in [-0.4, -0.2) is 35.9 Å². The summed E-state index contributed by atoms with van der Waals surface area (Å²) in [5.74, 6) is 0.711. The minimum Gasteiger partial charge on any atom is -0.396 e. The number of aliphatic hydroxyl groups excluding tert-OH is 1. The zero-order valence-electron chi connectivity index (χ0n) is 16.2. The molecule has 3 aromatic heterocycles. The first-order chi connectivity index (χ1) is 14.3. The predicted molar refractivity (Wildman–Crippen MR) is 114 cm³/mol. The number of aliphatic hydroxyl groups is 1. The van der Waals surface area contributed by atoms with E-state index in [9.17, 15) is 5.11 Å². The monoisotopic (exact) mass is 383 g/mol. The van der Waals surface area contributed by atoms with Gasteiger partial charge in [-0.25, -0.2) is 14.5 Å². The average Bonchev–Trinajstić information content (AvgIpc) is 3.30. The third-order valence-corrected chi connectivity index (χ3v) is 5.14. The Morgan fingerprint density at radius 2 is 1.59 bits per heavy atom. The smallest absolute Gasteiger partial charge is 0.169 e. The highest BCUT2D eigenvalue weighted by Crippen LogP contribution is 2.41. The van der Waals surface area contributed by atoms with Crippen molar-refractivity contribution >= 4 is 16.7 Å². The van der Waals surface area contributed by atoms with Gasteiger partial charge in [0, 0.05) is 18.7 Å². The van der Waals surface area contributed by atoms with E-state index in [0.29, 0.717) is 18.8 Å². The van der Waals surface area contributed by atoms with Gasteiger partial charge in [-0.3, -0.25) is 0 Å². The van der Waals surface area contributed by atoms with Crippen LogP contribution < -0.4 is 0 Å². The summed E-state index contributed by atoms with van der Waals surface area (Å²) in [5.41, 5.74) is 6.05. The normalized spacial score (nSPS) is 11.5. The van der Waals surface area contributed by atoms with Crippen molar-refractivity contribution in [2.45, 2.75) is 19.9 Å². The summed E-state index contributed by atoms with van der Waals surface area (Å²) in [4.78, 5) is 9.45. The standard InChI is InChI=1S/C23H21N5O/c1-16-25-23-20-19(17-9-4-2-5-10-17)21(18-11-6-3-7-12-18)27(13-8-14-29)22(20)24-15-28(23)26-16/h2-7,9-12,15,29H,8,13-14H2,1H3. The predicted octanol–water partition coefficient (Wildman–Crippen LogP) is 4.10. The second-order valence-corrected chi connectivity index (χ2v) is 7.05. The van der Waals surface area contributed by atoms with Gasteiger partial charge in [-0.05, 0) is 24.5 Å².